The summed E-state index contributed by atoms with van der Waals surface area (Å²) < 4.78 is 38.4. The molecule has 2 aromatic rings. The van der Waals surface area contributed by atoms with E-state index in [0.717, 1.165) is 22.2 Å². The van der Waals surface area contributed by atoms with Gasteiger partial charge in [-0.15, -0.1) is 0 Å². The van der Waals surface area contributed by atoms with Crippen molar-refractivity contribution in [2.45, 2.75) is 20.0 Å². The summed E-state index contributed by atoms with van der Waals surface area (Å²) in [6, 6.07) is 10.6. The molecule has 21 heavy (non-hydrogen) atoms. The predicted octanol–water partition coefficient (Wildman–Crippen LogP) is 3.08. The molecule has 0 aliphatic carbocycles. The van der Waals surface area contributed by atoms with Crippen molar-refractivity contribution in [3.8, 4) is 0 Å². The molecule has 0 aliphatic heterocycles. The fourth-order valence-electron chi connectivity index (χ4n) is 2.75. The number of alkyl halides is 3. The van der Waals surface area contributed by atoms with Gasteiger partial charge < -0.3 is 0 Å². The molecule has 2 rings (SSSR count). The van der Waals surface area contributed by atoms with Gasteiger partial charge in [0.15, 0.2) is 0 Å². The van der Waals surface area contributed by atoms with Gasteiger partial charge in [-0.2, -0.15) is 13.2 Å². The Balaban J connectivity index is 2.33. The van der Waals surface area contributed by atoms with E-state index < -0.39 is 19.0 Å². The van der Waals surface area contributed by atoms with Gasteiger partial charge in [-0.3, -0.25) is 0 Å². The summed E-state index contributed by atoms with van der Waals surface area (Å²) in [6.07, 6.45) is -2.50. The first-order chi connectivity index (χ1) is 9.81. The highest BCUT2D eigenvalue weighted by molar-refractivity contribution is 6.68. The van der Waals surface area contributed by atoms with Crippen molar-refractivity contribution >= 4 is 24.3 Å². The minimum Gasteiger partial charge on any atom is -0.212 e. The highest BCUT2D eigenvalue weighted by Crippen LogP contribution is 2.29. The van der Waals surface area contributed by atoms with Gasteiger partial charge in [0.1, 0.15) is 0 Å². The van der Waals surface area contributed by atoms with Gasteiger partial charge in [0.05, 0.1) is 5.56 Å². The molecule has 0 unspecified atom stereocenters. The van der Waals surface area contributed by atoms with Gasteiger partial charge in [-0.25, -0.2) is 10.9 Å². The topological polar surface area (TPSA) is 0 Å². The third kappa shape index (κ3) is 3.57. The highest BCUT2D eigenvalue weighted by atomic mass is 19.4. The average molecular weight is 289 g/mol. The summed E-state index contributed by atoms with van der Waals surface area (Å²) in [7, 11) is -0.636. The summed E-state index contributed by atoms with van der Waals surface area (Å²) in [5.41, 5.74) is 4.23. The second-order valence-electron chi connectivity index (χ2n) is 5.60. The van der Waals surface area contributed by atoms with Crippen molar-refractivity contribution in [1.82, 2.24) is 0 Å². The van der Waals surface area contributed by atoms with Gasteiger partial charge in [0.25, 0.3) is 0 Å². The Labute approximate surface area is 123 Å². The molecule has 0 radical (unpaired) electrons. The zero-order valence-electron chi connectivity index (χ0n) is 12.4. The first-order valence-electron chi connectivity index (χ1n) is 6.99. The molecule has 0 heterocycles. The van der Waals surface area contributed by atoms with E-state index in [1.165, 1.54) is 17.6 Å². The van der Waals surface area contributed by atoms with Crippen LogP contribution in [0, 0.1) is 13.8 Å². The number of rotatable bonds is 3. The van der Waals surface area contributed by atoms with E-state index in [2.05, 4.69) is 6.58 Å². The largest absolute Gasteiger partial charge is 0.416 e. The van der Waals surface area contributed by atoms with E-state index in [1.54, 1.807) is 19.9 Å². The number of aryl methyl sites for hydroxylation is 2. The van der Waals surface area contributed by atoms with Crippen molar-refractivity contribution in [1.29, 1.82) is 0 Å². The van der Waals surface area contributed by atoms with Crippen LogP contribution in [-0.2, 0) is 6.18 Å². The van der Waals surface area contributed by atoms with Crippen molar-refractivity contribution in [2.75, 3.05) is 0 Å². The quantitative estimate of drug-likeness (QED) is 0.762. The van der Waals surface area contributed by atoms with E-state index in [0.29, 0.717) is 0 Å². The molecule has 0 N–H and O–H groups in total. The molecule has 0 amide bonds. The van der Waals surface area contributed by atoms with E-state index >= 15 is 0 Å². The smallest absolute Gasteiger partial charge is 0.212 e. The van der Waals surface area contributed by atoms with Crippen LogP contribution >= 0.6 is 0 Å². The molecule has 110 valence electrons. The first-order valence-corrected chi connectivity index (χ1v) is 6.99. The Morgan fingerprint density at radius 2 is 1.52 bits per heavy atom. The predicted molar refractivity (Wildman–Crippen MR) is 85.3 cm³/mol. The molecule has 0 aromatic heterocycles. The maximum Gasteiger partial charge on any atom is 0.416 e. The molecule has 2 aromatic carbocycles. The molecule has 0 saturated carbocycles. The highest BCUT2D eigenvalue weighted by Gasteiger charge is 2.30. The number of benzene rings is 2. The standard InChI is InChI=1S/C17H17BF3/c1-4-13-5-7-15(8-6-13)18-16-11(2)9-14(10-12(16)3)17(19,20)21/h4-10H,1,18H2,2-3H3/q-1. The summed E-state index contributed by atoms with van der Waals surface area (Å²) in [4.78, 5) is 0. The molecule has 0 fully saturated rings. The maximum atomic E-state index is 12.8. The van der Waals surface area contributed by atoms with Gasteiger partial charge in [-0.05, 0) is 19.4 Å². The van der Waals surface area contributed by atoms with Gasteiger partial charge in [0.2, 0.25) is 0 Å². The molecule has 0 atom stereocenters. The van der Waals surface area contributed by atoms with Crippen LogP contribution in [0.25, 0.3) is 6.08 Å². The Bertz CT molecular complexity index is 632. The summed E-state index contributed by atoms with van der Waals surface area (Å²) >= 11 is 0. The van der Waals surface area contributed by atoms with Crippen LogP contribution in [0.15, 0.2) is 43.0 Å². The minimum absolute atomic E-state index is 0.560. The Hall–Kier alpha value is -1.97. The third-order valence-corrected chi connectivity index (χ3v) is 4.11. The van der Waals surface area contributed by atoms with Crippen LogP contribution < -0.4 is 10.9 Å². The lowest BCUT2D eigenvalue weighted by molar-refractivity contribution is -0.137. The number of hydrogen-bond donors (Lipinski definition) is 0. The second-order valence-corrected chi connectivity index (χ2v) is 5.60. The fraction of sp³-hybridized carbons (Fsp3) is 0.176. The van der Waals surface area contributed by atoms with Gasteiger partial charge in [-0.1, -0.05) is 60.2 Å². The SMILES string of the molecule is C=Cc1ccc([BH2-]c2c(C)cc(C(F)(F)F)cc2C)cc1. The van der Waals surface area contributed by atoms with Crippen molar-refractivity contribution in [2.24, 2.45) is 0 Å². The maximum absolute atomic E-state index is 12.8. The average Bonchev–Trinajstić information content (AvgIpc) is 2.42. The van der Waals surface area contributed by atoms with Gasteiger partial charge in [0, 0.05) is 7.28 Å². The molecule has 4 heteroatoms. The Morgan fingerprint density at radius 3 is 1.95 bits per heavy atom. The Morgan fingerprint density at radius 1 is 1.00 bits per heavy atom. The Kier molecular flexibility index (Phi) is 4.26. The normalized spacial score (nSPS) is 11.5. The lowest BCUT2D eigenvalue weighted by Gasteiger charge is -2.19. The summed E-state index contributed by atoms with van der Waals surface area (Å²) in [6.45, 7) is 7.24. The van der Waals surface area contributed by atoms with Crippen LogP contribution in [0.5, 0.6) is 0 Å². The van der Waals surface area contributed by atoms with Crippen LogP contribution in [0.3, 0.4) is 0 Å². The van der Waals surface area contributed by atoms with Crippen LogP contribution in [0.4, 0.5) is 13.2 Å². The minimum atomic E-state index is -4.28. The second kappa shape index (κ2) is 5.80. The van der Waals surface area contributed by atoms with E-state index in [9.17, 15) is 13.2 Å². The van der Waals surface area contributed by atoms with Crippen molar-refractivity contribution in [3.05, 3.63) is 65.2 Å². The molecular weight excluding hydrogens is 272 g/mol. The fourth-order valence-corrected chi connectivity index (χ4v) is 2.75. The monoisotopic (exact) mass is 289 g/mol. The van der Waals surface area contributed by atoms with Crippen molar-refractivity contribution in [3.63, 3.8) is 0 Å². The van der Waals surface area contributed by atoms with Crippen molar-refractivity contribution < 1.29 is 13.2 Å². The molecule has 0 nitrogen and oxygen atoms in total. The molecule has 0 bridgehead atoms. The zero-order valence-corrected chi connectivity index (χ0v) is 12.4. The zero-order chi connectivity index (χ0) is 15.6. The van der Waals surface area contributed by atoms with E-state index in [1.807, 2.05) is 24.3 Å². The molecule has 0 aliphatic rings. The van der Waals surface area contributed by atoms with E-state index in [-0.39, 0.29) is 0 Å². The van der Waals surface area contributed by atoms with Crippen LogP contribution in [0.2, 0.25) is 0 Å². The van der Waals surface area contributed by atoms with Gasteiger partial charge >= 0.3 is 6.18 Å². The molecule has 0 spiro atoms. The van der Waals surface area contributed by atoms with Crippen LogP contribution in [0.1, 0.15) is 22.3 Å². The lowest BCUT2D eigenvalue weighted by atomic mass is 9.61. The molecular formula is C17H17BF3-. The summed E-state index contributed by atoms with van der Waals surface area (Å²) in [5.74, 6) is 0. The lowest BCUT2D eigenvalue weighted by Crippen LogP contribution is -2.31. The first kappa shape index (κ1) is 15.4. The number of hydrogen-bond acceptors (Lipinski definition) is 0. The summed E-state index contributed by atoms with van der Waals surface area (Å²) in [5, 5.41) is 0. The molecule has 0 saturated heterocycles. The number of halogens is 3. The van der Waals surface area contributed by atoms with E-state index in [4.69, 9.17) is 0 Å². The van der Waals surface area contributed by atoms with Crippen LogP contribution in [-0.4, -0.2) is 7.28 Å². The third-order valence-electron chi connectivity index (χ3n) is 4.11.